The minimum absolute atomic E-state index is 0.0433. The van der Waals surface area contributed by atoms with Crippen LogP contribution in [0.3, 0.4) is 0 Å². The van der Waals surface area contributed by atoms with Crippen LogP contribution in [0.2, 0.25) is 0 Å². The van der Waals surface area contributed by atoms with Crippen LogP contribution >= 0.6 is 11.8 Å². The maximum atomic E-state index is 11.1. The zero-order valence-corrected chi connectivity index (χ0v) is 11.1. The summed E-state index contributed by atoms with van der Waals surface area (Å²) in [6.45, 7) is 1.55. The van der Waals surface area contributed by atoms with Crippen LogP contribution in [0.5, 0.6) is 0 Å². The van der Waals surface area contributed by atoms with Crippen LogP contribution in [0.25, 0.3) is 6.08 Å². The first kappa shape index (κ1) is 14.4. The molecule has 0 aromatic carbocycles. The predicted molar refractivity (Wildman–Crippen MR) is 70.2 cm³/mol. The standard InChI is InChI=1S/C12H14N2O3S/c1-9(15)18-6-4-3-5-10-7-13-11(14-8-10)12(16)17-2/h3,5,7-8H,4,6H2,1-2H3. The Balaban J connectivity index is 2.45. The lowest BCUT2D eigenvalue weighted by Crippen LogP contribution is -2.06. The third-order valence-corrected chi connectivity index (χ3v) is 2.79. The fourth-order valence-electron chi connectivity index (χ4n) is 1.11. The molecule has 0 saturated heterocycles. The maximum absolute atomic E-state index is 11.1. The Morgan fingerprint density at radius 1 is 1.39 bits per heavy atom. The molecule has 0 radical (unpaired) electrons. The zero-order chi connectivity index (χ0) is 13.4. The quantitative estimate of drug-likeness (QED) is 0.599. The van der Waals surface area contributed by atoms with E-state index in [-0.39, 0.29) is 10.9 Å². The molecule has 18 heavy (non-hydrogen) atoms. The predicted octanol–water partition coefficient (Wildman–Crippen LogP) is 1.95. The van der Waals surface area contributed by atoms with Gasteiger partial charge in [0, 0.05) is 30.6 Å². The Kier molecular flexibility index (Phi) is 6.07. The van der Waals surface area contributed by atoms with E-state index in [0.717, 1.165) is 17.7 Å². The van der Waals surface area contributed by atoms with E-state index in [2.05, 4.69) is 14.7 Å². The first-order valence-electron chi connectivity index (χ1n) is 5.33. The molecule has 5 nitrogen and oxygen atoms in total. The topological polar surface area (TPSA) is 69.2 Å². The van der Waals surface area contributed by atoms with Gasteiger partial charge in [0.25, 0.3) is 0 Å². The Bertz CT molecular complexity index is 443. The summed E-state index contributed by atoms with van der Waals surface area (Å²) < 4.78 is 4.49. The van der Waals surface area contributed by atoms with E-state index < -0.39 is 5.97 Å². The van der Waals surface area contributed by atoms with Crippen molar-refractivity contribution in [2.45, 2.75) is 13.3 Å². The second kappa shape index (κ2) is 7.60. The summed E-state index contributed by atoms with van der Waals surface area (Å²) in [6, 6.07) is 0. The van der Waals surface area contributed by atoms with Gasteiger partial charge >= 0.3 is 5.97 Å². The molecular weight excluding hydrogens is 252 g/mol. The van der Waals surface area contributed by atoms with Gasteiger partial charge in [0.05, 0.1) is 7.11 Å². The minimum Gasteiger partial charge on any atom is -0.463 e. The van der Waals surface area contributed by atoms with Crippen molar-refractivity contribution >= 4 is 28.9 Å². The van der Waals surface area contributed by atoms with Gasteiger partial charge in [-0.3, -0.25) is 4.79 Å². The summed E-state index contributed by atoms with van der Waals surface area (Å²) in [5.41, 5.74) is 0.801. The molecule has 0 bridgehead atoms. The van der Waals surface area contributed by atoms with Gasteiger partial charge in [0.15, 0.2) is 5.12 Å². The molecule has 0 aliphatic carbocycles. The highest BCUT2D eigenvalue weighted by Gasteiger charge is 2.07. The van der Waals surface area contributed by atoms with Crippen LogP contribution in [0.1, 0.15) is 29.5 Å². The molecule has 0 fully saturated rings. The summed E-state index contributed by atoms with van der Waals surface area (Å²) in [6.07, 6.45) is 7.68. The van der Waals surface area contributed by atoms with E-state index in [1.807, 2.05) is 12.2 Å². The number of ether oxygens (including phenoxy) is 1. The molecule has 0 unspecified atom stereocenters. The van der Waals surface area contributed by atoms with Crippen LogP contribution in [0, 0.1) is 0 Å². The van der Waals surface area contributed by atoms with Crippen molar-refractivity contribution in [1.82, 2.24) is 9.97 Å². The van der Waals surface area contributed by atoms with Gasteiger partial charge in [0.2, 0.25) is 5.82 Å². The number of allylic oxidation sites excluding steroid dienone is 1. The Morgan fingerprint density at radius 2 is 2.06 bits per heavy atom. The van der Waals surface area contributed by atoms with Gasteiger partial charge in [-0.2, -0.15) is 0 Å². The lowest BCUT2D eigenvalue weighted by atomic mass is 10.3. The highest BCUT2D eigenvalue weighted by Crippen LogP contribution is 2.06. The second-order valence-corrected chi connectivity index (χ2v) is 4.63. The molecule has 96 valence electrons. The molecule has 1 aromatic heterocycles. The lowest BCUT2D eigenvalue weighted by molar-refractivity contribution is -0.109. The minimum atomic E-state index is -0.552. The van der Waals surface area contributed by atoms with E-state index >= 15 is 0 Å². The number of carbonyl (C=O) groups excluding carboxylic acids is 2. The molecule has 0 saturated carbocycles. The molecule has 1 aromatic rings. The summed E-state index contributed by atoms with van der Waals surface area (Å²) in [4.78, 5) is 29.5. The normalized spacial score (nSPS) is 10.6. The maximum Gasteiger partial charge on any atom is 0.376 e. The summed E-state index contributed by atoms with van der Waals surface area (Å²) >= 11 is 1.29. The van der Waals surface area contributed by atoms with Crippen molar-refractivity contribution in [2.24, 2.45) is 0 Å². The highest BCUT2D eigenvalue weighted by molar-refractivity contribution is 8.13. The lowest BCUT2D eigenvalue weighted by Gasteiger charge is -1.97. The number of aromatic nitrogens is 2. The number of thioether (sulfide) groups is 1. The molecular formula is C12H14N2O3S. The van der Waals surface area contributed by atoms with Crippen LogP contribution in [0.15, 0.2) is 18.5 Å². The third kappa shape index (κ3) is 5.09. The number of hydrogen-bond donors (Lipinski definition) is 0. The summed E-state index contributed by atoms with van der Waals surface area (Å²) in [7, 11) is 1.28. The van der Waals surface area contributed by atoms with Crippen molar-refractivity contribution in [3.8, 4) is 0 Å². The monoisotopic (exact) mass is 266 g/mol. The van der Waals surface area contributed by atoms with Gasteiger partial charge < -0.3 is 4.74 Å². The average molecular weight is 266 g/mol. The first-order valence-corrected chi connectivity index (χ1v) is 6.32. The van der Waals surface area contributed by atoms with Gasteiger partial charge in [-0.25, -0.2) is 14.8 Å². The van der Waals surface area contributed by atoms with E-state index in [4.69, 9.17) is 0 Å². The van der Waals surface area contributed by atoms with E-state index in [9.17, 15) is 9.59 Å². The van der Waals surface area contributed by atoms with E-state index in [1.165, 1.54) is 18.9 Å². The zero-order valence-electron chi connectivity index (χ0n) is 10.3. The van der Waals surface area contributed by atoms with Crippen molar-refractivity contribution in [2.75, 3.05) is 12.9 Å². The number of carbonyl (C=O) groups is 2. The van der Waals surface area contributed by atoms with Crippen molar-refractivity contribution < 1.29 is 14.3 Å². The number of methoxy groups -OCH3 is 1. The molecule has 0 amide bonds. The molecule has 1 rings (SSSR count). The first-order chi connectivity index (χ1) is 8.63. The molecule has 0 spiro atoms. The van der Waals surface area contributed by atoms with Crippen molar-refractivity contribution in [3.05, 3.63) is 29.9 Å². The van der Waals surface area contributed by atoms with Gasteiger partial charge in [-0.15, -0.1) is 0 Å². The van der Waals surface area contributed by atoms with Gasteiger partial charge in [0.1, 0.15) is 0 Å². The number of esters is 1. The van der Waals surface area contributed by atoms with E-state index in [1.54, 1.807) is 19.3 Å². The summed E-state index contributed by atoms with van der Waals surface area (Å²) in [5.74, 6) is 0.248. The van der Waals surface area contributed by atoms with Crippen LogP contribution in [-0.4, -0.2) is 33.9 Å². The van der Waals surface area contributed by atoms with Crippen LogP contribution in [0.4, 0.5) is 0 Å². The smallest absolute Gasteiger partial charge is 0.376 e. The Hall–Kier alpha value is -1.69. The van der Waals surface area contributed by atoms with Crippen molar-refractivity contribution in [1.29, 1.82) is 0 Å². The Labute approximate surface area is 110 Å². The van der Waals surface area contributed by atoms with Crippen molar-refractivity contribution in [3.63, 3.8) is 0 Å². The van der Waals surface area contributed by atoms with Crippen LogP contribution < -0.4 is 0 Å². The second-order valence-electron chi connectivity index (χ2n) is 3.36. The SMILES string of the molecule is COC(=O)c1ncc(C=CCCSC(C)=O)cn1. The fraction of sp³-hybridized carbons (Fsp3) is 0.333. The average Bonchev–Trinajstić information content (AvgIpc) is 2.38. The van der Waals surface area contributed by atoms with Crippen LogP contribution in [-0.2, 0) is 9.53 Å². The van der Waals surface area contributed by atoms with Gasteiger partial charge in [-0.1, -0.05) is 23.9 Å². The molecule has 6 heteroatoms. The fourth-order valence-corrected chi connectivity index (χ4v) is 1.65. The molecule has 0 aliphatic heterocycles. The molecule has 1 heterocycles. The largest absolute Gasteiger partial charge is 0.463 e. The van der Waals surface area contributed by atoms with E-state index in [0.29, 0.717) is 0 Å². The highest BCUT2D eigenvalue weighted by atomic mass is 32.2. The molecule has 0 atom stereocenters. The molecule has 0 N–H and O–H groups in total. The third-order valence-electron chi connectivity index (χ3n) is 1.94. The molecule has 0 aliphatic rings. The number of hydrogen-bond acceptors (Lipinski definition) is 6. The number of nitrogens with zero attached hydrogens (tertiary/aromatic N) is 2. The Morgan fingerprint density at radius 3 is 2.61 bits per heavy atom. The number of rotatable bonds is 5. The van der Waals surface area contributed by atoms with Gasteiger partial charge in [-0.05, 0) is 6.42 Å². The summed E-state index contributed by atoms with van der Waals surface area (Å²) in [5, 5.41) is 0.120.